The van der Waals surface area contributed by atoms with Crippen molar-refractivity contribution in [2.75, 3.05) is 13.2 Å². The van der Waals surface area contributed by atoms with Crippen molar-refractivity contribution in [3.63, 3.8) is 0 Å². The standard InChI is InChI=1S/C4H12O2Si.2BrH/c1-3-5-7-6-4-2;;/h3-4,7H2,1-2H3;2*1H. The van der Waals surface area contributed by atoms with Crippen molar-refractivity contribution in [1.82, 2.24) is 0 Å². The summed E-state index contributed by atoms with van der Waals surface area (Å²) in [5, 5.41) is 0. The van der Waals surface area contributed by atoms with Crippen molar-refractivity contribution in [3.8, 4) is 0 Å². The van der Waals surface area contributed by atoms with Crippen LogP contribution in [0.2, 0.25) is 0 Å². The molecule has 0 bridgehead atoms. The van der Waals surface area contributed by atoms with Gasteiger partial charge in [0.2, 0.25) is 0 Å². The van der Waals surface area contributed by atoms with Crippen LogP contribution in [0.5, 0.6) is 0 Å². The van der Waals surface area contributed by atoms with Gasteiger partial charge in [-0.1, -0.05) is 0 Å². The molecule has 0 amide bonds. The maximum absolute atomic E-state index is 4.99. The van der Waals surface area contributed by atoms with E-state index in [9.17, 15) is 0 Å². The van der Waals surface area contributed by atoms with Crippen molar-refractivity contribution >= 4 is 44.0 Å². The molecule has 0 fully saturated rings. The molecule has 0 aliphatic rings. The van der Waals surface area contributed by atoms with Gasteiger partial charge in [0, 0.05) is 13.2 Å². The SMILES string of the molecule is Br.Br.CCO[SiH2]OCC. The summed E-state index contributed by atoms with van der Waals surface area (Å²) in [6, 6.07) is 0. The molecular formula is C4H14Br2O2Si. The van der Waals surface area contributed by atoms with E-state index in [1.165, 1.54) is 0 Å². The molecule has 60 valence electrons. The molecule has 0 aromatic rings. The third-order valence-electron chi connectivity index (χ3n) is 0.575. The van der Waals surface area contributed by atoms with Crippen LogP contribution in [-0.4, -0.2) is 23.2 Å². The molecule has 5 heteroatoms. The molecule has 0 atom stereocenters. The summed E-state index contributed by atoms with van der Waals surface area (Å²) >= 11 is 0. The van der Waals surface area contributed by atoms with Crippen LogP contribution >= 0.6 is 34.0 Å². The van der Waals surface area contributed by atoms with Gasteiger partial charge in [0.25, 0.3) is 0 Å². The van der Waals surface area contributed by atoms with E-state index >= 15 is 0 Å². The Balaban J connectivity index is -0.000000180. The maximum atomic E-state index is 4.99. The van der Waals surface area contributed by atoms with Gasteiger partial charge in [-0.05, 0) is 13.8 Å². The minimum absolute atomic E-state index is 0. The lowest BCUT2D eigenvalue weighted by molar-refractivity contribution is 0.240. The first kappa shape index (κ1) is 16.6. The van der Waals surface area contributed by atoms with Crippen molar-refractivity contribution in [2.24, 2.45) is 0 Å². The van der Waals surface area contributed by atoms with Crippen LogP contribution < -0.4 is 0 Å². The molecule has 0 saturated carbocycles. The molecule has 0 aromatic carbocycles. The van der Waals surface area contributed by atoms with E-state index in [4.69, 9.17) is 8.85 Å². The Kier molecular flexibility index (Phi) is 29.6. The molecule has 0 radical (unpaired) electrons. The number of rotatable bonds is 4. The molecule has 0 N–H and O–H groups in total. The maximum Gasteiger partial charge on any atom is 0.304 e. The largest absolute Gasteiger partial charge is 0.399 e. The summed E-state index contributed by atoms with van der Waals surface area (Å²) in [5.74, 6) is 0. The molecule has 0 spiro atoms. The molecule has 0 unspecified atom stereocenters. The Morgan fingerprint density at radius 1 is 1.00 bits per heavy atom. The summed E-state index contributed by atoms with van der Waals surface area (Å²) < 4.78 is 9.98. The average Bonchev–Trinajstić information content (AvgIpc) is 1.69. The molecule has 2 nitrogen and oxygen atoms in total. The Bertz CT molecular complexity index is 35.7. The highest BCUT2D eigenvalue weighted by molar-refractivity contribution is 8.93. The molecule has 0 aliphatic heterocycles. The predicted molar refractivity (Wildman–Crippen MR) is 52.4 cm³/mol. The van der Waals surface area contributed by atoms with Crippen molar-refractivity contribution < 1.29 is 8.85 Å². The van der Waals surface area contributed by atoms with E-state index in [0.717, 1.165) is 13.2 Å². The lowest BCUT2D eigenvalue weighted by atomic mass is 10.9. The Morgan fingerprint density at radius 3 is 1.56 bits per heavy atom. The van der Waals surface area contributed by atoms with Gasteiger partial charge in [-0.3, -0.25) is 0 Å². The van der Waals surface area contributed by atoms with Gasteiger partial charge in [0.1, 0.15) is 0 Å². The van der Waals surface area contributed by atoms with Gasteiger partial charge in [0.15, 0.2) is 0 Å². The Morgan fingerprint density at radius 2 is 1.33 bits per heavy atom. The van der Waals surface area contributed by atoms with Crippen LogP contribution in [0.1, 0.15) is 13.8 Å². The number of hydrogen-bond donors (Lipinski definition) is 0. The second-order valence-electron chi connectivity index (χ2n) is 1.10. The van der Waals surface area contributed by atoms with Gasteiger partial charge >= 0.3 is 10.0 Å². The van der Waals surface area contributed by atoms with E-state index in [2.05, 4.69) is 0 Å². The minimum Gasteiger partial charge on any atom is -0.399 e. The lowest BCUT2D eigenvalue weighted by Crippen LogP contribution is -2.02. The van der Waals surface area contributed by atoms with Crippen molar-refractivity contribution in [3.05, 3.63) is 0 Å². The zero-order valence-electron chi connectivity index (χ0n) is 5.75. The fraction of sp³-hybridized carbons (Fsp3) is 1.00. The minimum atomic E-state index is -0.589. The highest BCUT2D eigenvalue weighted by atomic mass is 79.9. The van der Waals surface area contributed by atoms with Crippen LogP contribution in [0.4, 0.5) is 0 Å². The first-order chi connectivity index (χ1) is 3.41. The summed E-state index contributed by atoms with van der Waals surface area (Å²) in [6.07, 6.45) is 0. The summed E-state index contributed by atoms with van der Waals surface area (Å²) in [4.78, 5) is 0. The Hall–Kier alpha value is 1.10. The molecule has 0 heterocycles. The van der Waals surface area contributed by atoms with Gasteiger partial charge in [0.05, 0.1) is 0 Å². The zero-order chi connectivity index (χ0) is 5.54. The summed E-state index contributed by atoms with van der Waals surface area (Å²) in [7, 11) is -0.589. The lowest BCUT2D eigenvalue weighted by Gasteiger charge is -1.96. The van der Waals surface area contributed by atoms with Crippen LogP contribution in [-0.2, 0) is 8.85 Å². The molecule has 0 saturated heterocycles. The van der Waals surface area contributed by atoms with E-state index < -0.39 is 10.0 Å². The monoisotopic (exact) mass is 280 g/mol. The first-order valence-electron chi connectivity index (χ1n) is 2.57. The fourth-order valence-electron chi connectivity index (χ4n) is 0.226. The summed E-state index contributed by atoms with van der Waals surface area (Å²) in [6.45, 7) is 5.55. The van der Waals surface area contributed by atoms with E-state index in [1.807, 2.05) is 13.8 Å². The summed E-state index contributed by atoms with van der Waals surface area (Å²) in [5.41, 5.74) is 0. The quantitative estimate of drug-likeness (QED) is 0.570. The normalized spacial score (nSPS) is 7.33. The van der Waals surface area contributed by atoms with Crippen LogP contribution in [0.15, 0.2) is 0 Å². The average molecular weight is 282 g/mol. The molecular weight excluding hydrogens is 268 g/mol. The molecule has 0 aliphatic carbocycles. The molecule has 0 aromatic heterocycles. The van der Waals surface area contributed by atoms with Crippen LogP contribution in [0.25, 0.3) is 0 Å². The van der Waals surface area contributed by atoms with Crippen molar-refractivity contribution in [2.45, 2.75) is 13.8 Å². The second kappa shape index (κ2) is 16.0. The smallest absolute Gasteiger partial charge is 0.304 e. The number of halogens is 2. The highest BCUT2D eigenvalue weighted by Crippen LogP contribution is 1.70. The molecule has 0 rings (SSSR count). The van der Waals surface area contributed by atoms with Crippen molar-refractivity contribution in [1.29, 1.82) is 0 Å². The topological polar surface area (TPSA) is 18.5 Å². The fourth-order valence-corrected chi connectivity index (χ4v) is 0.677. The van der Waals surface area contributed by atoms with Gasteiger partial charge in [-0.2, -0.15) is 0 Å². The Labute approximate surface area is 79.9 Å². The van der Waals surface area contributed by atoms with Crippen LogP contribution in [0.3, 0.4) is 0 Å². The van der Waals surface area contributed by atoms with E-state index in [0.29, 0.717) is 0 Å². The first-order valence-corrected chi connectivity index (χ1v) is 3.72. The van der Waals surface area contributed by atoms with E-state index in [-0.39, 0.29) is 34.0 Å². The zero-order valence-corrected chi connectivity index (χ0v) is 10.6. The third-order valence-corrected chi connectivity index (χ3v) is 1.72. The second-order valence-corrected chi connectivity index (χ2v) is 2.16. The van der Waals surface area contributed by atoms with Gasteiger partial charge in [-0.25, -0.2) is 0 Å². The van der Waals surface area contributed by atoms with Crippen LogP contribution in [0, 0.1) is 0 Å². The van der Waals surface area contributed by atoms with E-state index in [1.54, 1.807) is 0 Å². The third kappa shape index (κ3) is 17.6. The van der Waals surface area contributed by atoms with Gasteiger partial charge < -0.3 is 8.85 Å². The predicted octanol–water partition coefficient (Wildman–Crippen LogP) is 1.21. The highest BCUT2D eigenvalue weighted by Gasteiger charge is 1.79. The van der Waals surface area contributed by atoms with Gasteiger partial charge in [-0.15, -0.1) is 34.0 Å². The number of hydrogen-bond acceptors (Lipinski definition) is 2. The molecule has 9 heavy (non-hydrogen) atoms.